The minimum absolute atomic E-state index is 0.00720. The van der Waals surface area contributed by atoms with Crippen LogP contribution in [0.3, 0.4) is 0 Å². The van der Waals surface area contributed by atoms with Crippen molar-refractivity contribution in [2.75, 3.05) is 101 Å². The molecule has 0 bridgehead atoms. The molecule has 0 radical (unpaired) electrons. The summed E-state index contributed by atoms with van der Waals surface area (Å²) in [6.07, 6.45) is 10.5. The van der Waals surface area contributed by atoms with E-state index < -0.39 is 23.1 Å². The molecule has 0 spiro atoms. The molecule has 102 heavy (non-hydrogen) atoms. The van der Waals surface area contributed by atoms with Gasteiger partial charge in [-0.2, -0.15) is 15.0 Å². The van der Waals surface area contributed by atoms with Gasteiger partial charge < -0.3 is 77.0 Å². The standard InChI is InChI=1S/C26H29FN6O2.C25H25FN6O3.C23H24FN5O3/c1-3-24(34)29-20-5-4-6-21(15-20)30-25-23(27)16-28-26(32-25)31-19-7-9-22(10-8-19)35-17-18-11-13-33(2)14-12-18;1-2-22(33)28-18-5-3-6-19(15-18)29-24-21(26)16-27-25(31-24)30-17-8-10-20(11-9-17)35-14-13-32-12-4-7-23(32)34;1-4-20(31)26-15-7-5-8-16(11-15)27-21-19(24)13-25-22(29-21)28-17-9-6-10-18(12-17)32-23(2,3)14-30/h3-10,15-16,18H,1,11-14,17H2,2H3,(H,29,34)(H2,28,30,31,32);2-3,5-6,8-11,15-16H,1,4,7,12-14H2,(H,28,33)(H2,27,29,30,31);4-13,30H,1,14H2,2-3H3,(H,26,31)(H2,25,27,28,29). The number of likely N-dealkylation sites (tertiary alicyclic amines) is 2. The van der Waals surface area contributed by atoms with Gasteiger partial charge in [-0.15, -0.1) is 0 Å². The summed E-state index contributed by atoms with van der Waals surface area (Å²) in [6.45, 7) is 18.4. The van der Waals surface area contributed by atoms with Crippen molar-refractivity contribution in [2.45, 2.75) is 45.1 Å². The maximum absolute atomic E-state index is 14.4. The quantitative estimate of drug-likeness (QED) is 0.0204. The summed E-state index contributed by atoms with van der Waals surface area (Å²) in [6, 6.07) is 42.1. The van der Waals surface area contributed by atoms with Crippen molar-refractivity contribution in [3.8, 4) is 17.2 Å². The average molecular weight is 1390 g/mol. The molecule has 6 aromatic carbocycles. The molecule has 10 N–H and O–H groups in total. The third-order valence-corrected chi connectivity index (χ3v) is 15.2. The number of anilines is 15. The predicted molar refractivity (Wildman–Crippen MR) is 390 cm³/mol. The maximum atomic E-state index is 14.4. The van der Waals surface area contributed by atoms with E-state index in [4.69, 9.17) is 14.2 Å². The fraction of sp³-hybridized carbons (Fsp3) is 0.216. The number of aromatic nitrogens is 6. The van der Waals surface area contributed by atoms with Gasteiger partial charge in [-0.05, 0) is 193 Å². The van der Waals surface area contributed by atoms with Gasteiger partial charge in [0.25, 0.3) is 0 Å². The van der Waals surface area contributed by atoms with E-state index in [0.29, 0.717) is 82.5 Å². The van der Waals surface area contributed by atoms with E-state index in [-0.39, 0.29) is 65.5 Å². The number of ether oxygens (including phenoxy) is 3. The SMILES string of the molecule is C=CC(=O)Nc1cccc(Nc2nc(Nc3ccc(OCC4CCN(C)CC4)cc3)ncc2F)c1.C=CC(=O)Nc1cccc(Nc2nc(Nc3ccc(OCCN4CCCC4=O)cc3)ncc2F)c1.C=CC(=O)Nc1cccc(Nc2nc(Nc3cccc(OC(C)(C)CO)c3)ncc2F)c1. The number of hydrogen-bond donors (Lipinski definition) is 10. The Balaban J connectivity index is 0.000000178. The molecule has 4 amide bonds. The molecule has 2 saturated heterocycles. The molecule has 0 unspecified atom stereocenters. The van der Waals surface area contributed by atoms with Crippen LogP contribution in [0.25, 0.3) is 0 Å². The molecule has 5 heterocycles. The van der Waals surface area contributed by atoms with E-state index >= 15 is 0 Å². The first kappa shape index (κ1) is 73.8. The van der Waals surface area contributed by atoms with Crippen LogP contribution in [0.15, 0.2) is 202 Å². The van der Waals surface area contributed by atoms with E-state index in [0.717, 1.165) is 87.7 Å². The Bertz CT molecular complexity index is 4380. The van der Waals surface area contributed by atoms with Crippen LogP contribution in [0.4, 0.5) is 99.7 Å². The summed E-state index contributed by atoms with van der Waals surface area (Å²) in [7, 11) is 2.15. The number of piperidine rings is 1. The zero-order valence-electron chi connectivity index (χ0n) is 56.3. The lowest BCUT2D eigenvalue weighted by molar-refractivity contribution is -0.128. The number of carbonyl (C=O) groups is 4. The van der Waals surface area contributed by atoms with E-state index in [9.17, 15) is 37.5 Å². The summed E-state index contributed by atoms with van der Waals surface area (Å²) < 4.78 is 60.4. The topological polar surface area (TPSA) is 308 Å². The molecule has 528 valence electrons. The second-order valence-electron chi connectivity index (χ2n) is 23.7. The molecule has 3 aromatic heterocycles. The molecule has 25 nitrogen and oxygen atoms in total. The minimum atomic E-state index is -0.734. The third kappa shape index (κ3) is 23.4. The first-order valence-corrected chi connectivity index (χ1v) is 32.4. The molecule has 11 rings (SSSR count). The summed E-state index contributed by atoms with van der Waals surface area (Å²) in [5.41, 5.74) is 4.56. The second kappa shape index (κ2) is 36.4. The first-order chi connectivity index (χ1) is 49.2. The number of benzene rings is 6. The van der Waals surface area contributed by atoms with Gasteiger partial charge in [0.05, 0.1) is 38.3 Å². The van der Waals surface area contributed by atoms with E-state index in [1.54, 1.807) is 140 Å². The lowest BCUT2D eigenvalue weighted by Gasteiger charge is -2.28. The Kier molecular flexibility index (Phi) is 26.4. The number of hydrogen-bond acceptors (Lipinski definition) is 21. The van der Waals surface area contributed by atoms with Crippen LogP contribution in [0.1, 0.15) is 39.5 Å². The van der Waals surface area contributed by atoms with Crippen molar-refractivity contribution < 1.29 is 51.7 Å². The summed E-state index contributed by atoms with van der Waals surface area (Å²) >= 11 is 0. The molecule has 2 aliphatic heterocycles. The Morgan fingerprint density at radius 3 is 1.32 bits per heavy atom. The van der Waals surface area contributed by atoms with Crippen LogP contribution in [0.5, 0.6) is 17.2 Å². The number of nitrogens with one attached hydrogen (secondary N) is 9. The summed E-state index contributed by atoms with van der Waals surface area (Å²) in [4.78, 5) is 75.0. The Morgan fingerprint density at radius 1 is 0.529 bits per heavy atom. The fourth-order valence-electron chi connectivity index (χ4n) is 9.86. The van der Waals surface area contributed by atoms with E-state index in [1.165, 1.54) is 6.08 Å². The highest BCUT2D eigenvalue weighted by molar-refractivity contribution is 6.00. The first-order valence-electron chi connectivity index (χ1n) is 32.4. The van der Waals surface area contributed by atoms with Crippen molar-refractivity contribution in [1.29, 1.82) is 0 Å². The number of carbonyl (C=O) groups excluding carboxylic acids is 4. The zero-order valence-corrected chi connectivity index (χ0v) is 56.3. The van der Waals surface area contributed by atoms with Gasteiger partial charge in [0.1, 0.15) is 29.5 Å². The molecular formula is C74H78F3N17O8. The van der Waals surface area contributed by atoms with Gasteiger partial charge >= 0.3 is 0 Å². The lowest BCUT2D eigenvalue weighted by Crippen LogP contribution is -2.32. The van der Waals surface area contributed by atoms with Crippen molar-refractivity contribution in [2.24, 2.45) is 5.92 Å². The van der Waals surface area contributed by atoms with Crippen LogP contribution in [-0.2, 0) is 19.2 Å². The van der Waals surface area contributed by atoms with E-state index in [2.05, 4.69) is 109 Å². The Hall–Kier alpha value is -12.4. The normalized spacial score (nSPS) is 12.7. The Labute approximate surface area is 587 Å². The molecule has 2 aliphatic rings. The second-order valence-corrected chi connectivity index (χ2v) is 23.7. The third-order valence-electron chi connectivity index (χ3n) is 15.2. The number of aliphatic hydroxyl groups is 1. The van der Waals surface area contributed by atoms with Crippen molar-refractivity contribution in [3.63, 3.8) is 0 Å². The average Bonchev–Trinajstić information content (AvgIpc) is 0.985. The fourth-order valence-corrected chi connectivity index (χ4v) is 9.86. The highest BCUT2D eigenvalue weighted by Gasteiger charge is 2.22. The largest absolute Gasteiger partial charge is 0.493 e. The van der Waals surface area contributed by atoms with Gasteiger partial charge in [-0.1, -0.05) is 44.0 Å². The predicted octanol–water partition coefficient (Wildman–Crippen LogP) is 13.6. The number of aliphatic hydroxyl groups excluding tert-OH is 1. The maximum Gasteiger partial charge on any atom is 0.247 e. The molecule has 2 fully saturated rings. The van der Waals surface area contributed by atoms with Gasteiger partial charge in [-0.3, -0.25) is 19.2 Å². The van der Waals surface area contributed by atoms with Crippen LogP contribution >= 0.6 is 0 Å². The van der Waals surface area contributed by atoms with Crippen molar-refractivity contribution >= 4 is 110 Å². The molecular weight excluding hydrogens is 1310 g/mol. The molecule has 9 aromatic rings. The van der Waals surface area contributed by atoms with E-state index in [1.807, 2.05) is 24.3 Å². The lowest BCUT2D eigenvalue weighted by atomic mass is 9.98. The van der Waals surface area contributed by atoms with Crippen LogP contribution in [0, 0.1) is 23.4 Å². The zero-order chi connectivity index (χ0) is 72.4. The number of halogens is 3. The highest BCUT2D eigenvalue weighted by Crippen LogP contribution is 2.30. The Morgan fingerprint density at radius 2 is 0.922 bits per heavy atom. The molecule has 0 aliphatic carbocycles. The molecule has 0 atom stereocenters. The van der Waals surface area contributed by atoms with Gasteiger partial charge in [0.2, 0.25) is 41.5 Å². The molecule has 0 saturated carbocycles. The van der Waals surface area contributed by atoms with Crippen molar-refractivity contribution in [3.05, 3.63) is 220 Å². The number of rotatable bonds is 28. The van der Waals surface area contributed by atoms with Crippen LogP contribution in [0.2, 0.25) is 0 Å². The van der Waals surface area contributed by atoms with Crippen LogP contribution in [-0.4, -0.2) is 127 Å². The van der Waals surface area contributed by atoms with Gasteiger partial charge in [0.15, 0.2) is 34.9 Å². The van der Waals surface area contributed by atoms with Crippen LogP contribution < -0.4 is 62.1 Å². The minimum Gasteiger partial charge on any atom is -0.493 e. The van der Waals surface area contributed by atoms with Gasteiger partial charge in [-0.25, -0.2) is 28.1 Å². The van der Waals surface area contributed by atoms with Crippen molar-refractivity contribution in [1.82, 2.24) is 39.7 Å². The number of nitrogens with zero attached hydrogens (tertiary/aromatic N) is 8. The van der Waals surface area contributed by atoms with Gasteiger partial charge in [0, 0.05) is 70.2 Å². The smallest absolute Gasteiger partial charge is 0.247 e. The number of amides is 4. The monoisotopic (exact) mass is 1390 g/mol. The molecule has 28 heteroatoms. The summed E-state index contributed by atoms with van der Waals surface area (Å²) in [5, 5.41) is 35.2. The summed E-state index contributed by atoms with van der Waals surface area (Å²) in [5.74, 6) is 0.441. The highest BCUT2D eigenvalue weighted by atomic mass is 19.1.